The van der Waals surface area contributed by atoms with E-state index in [9.17, 15) is 4.79 Å². The van der Waals surface area contributed by atoms with Crippen molar-refractivity contribution < 1.29 is 18.8 Å². The predicted molar refractivity (Wildman–Crippen MR) is 156 cm³/mol. The normalized spacial score (nSPS) is 18.4. The van der Waals surface area contributed by atoms with E-state index in [0.29, 0.717) is 50.2 Å². The maximum Gasteiger partial charge on any atom is 0.299 e. The summed E-state index contributed by atoms with van der Waals surface area (Å²) in [6.45, 7) is 10.9. The van der Waals surface area contributed by atoms with E-state index in [-0.39, 0.29) is 29.9 Å². The van der Waals surface area contributed by atoms with Crippen LogP contribution in [0.25, 0.3) is 11.3 Å². The molecule has 0 amide bonds. The summed E-state index contributed by atoms with van der Waals surface area (Å²) in [5.74, 6) is 1.90. The molecule has 2 heterocycles. The highest BCUT2D eigenvalue weighted by Crippen LogP contribution is 2.62. The Hall–Kier alpha value is -3.00. The van der Waals surface area contributed by atoms with Crippen molar-refractivity contribution in [3.05, 3.63) is 80.1 Å². The number of ether oxygens (including phenoxy) is 2. The number of carbonyl (C=O) groups excluding carboxylic acids is 1. The van der Waals surface area contributed by atoms with Crippen molar-refractivity contribution in [3.63, 3.8) is 0 Å². The molecule has 40 heavy (non-hydrogen) atoms. The summed E-state index contributed by atoms with van der Waals surface area (Å²) in [7, 11) is 0. The summed E-state index contributed by atoms with van der Waals surface area (Å²) in [5.41, 5.74) is 3.82. The van der Waals surface area contributed by atoms with Gasteiger partial charge < -0.3 is 14.0 Å². The Morgan fingerprint density at radius 1 is 1.10 bits per heavy atom. The molecule has 7 nitrogen and oxygen atoms in total. The molecule has 1 aliphatic rings. The third-order valence-electron chi connectivity index (χ3n) is 7.47. The summed E-state index contributed by atoms with van der Waals surface area (Å²) in [5, 5.41) is 10.4. The number of halogens is 3. The average molecular weight is 603 g/mol. The van der Waals surface area contributed by atoms with Gasteiger partial charge in [0.15, 0.2) is 0 Å². The second kappa shape index (κ2) is 11.1. The Morgan fingerprint density at radius 3 is 2.45 bits per heavy atom. The van der Waals surface area contributed by atoms with Gasteiger partial charge in [-0.1, -0.05) is 72.9 Å². The molecule has 1 aliphatic carbocycles. The Bertz CT molecular complexity index is 1540. The second-order valence-corrected chi connectivity index (χ2v) is 12.1. The third kappa shape index (κ3) is 5.22. The lowest BCUT2D eigenvalue weighted by atomic mass is 9.97. The van der Waals surface area contributed by atoms with E-state index in [1.807, 2.05) is 56.6 Å². The van der Waals surface area contributed by atoms with Gasteiger partial charge in [0, 0.05) is 39.7 Å². The van der Waals surface area contributed by atoms with Crippen molar-refractivity contribution in [3.8, 4) is 22.9 Å². The van der Waals surface area contributed by atoms with Crippen molar-refractivity contribution in [2.24, 2.45) is 0 Å². The van der Waals surface area contributed by atoms with Gasteiger partial charge in [0.05, 0.1) is 15.6 Å². The van der Waals surface area contributed by atoms with E-state index in [4.69, 9.17) is 48.8 Å². The third-order valence-corrected chi connectivity index (χ3v) is 8.42. The highest BCUT2D eigenvalue weighted by atomic mass is 35.5. The monoisotopic (exact) mass is 601 g/mol. The standard InChI is InChI=1S/C30H30Cl3N3O4/c1-16(2)29-20(28(35-40-29)27-22(31)7-6-8-23(27)32)14-38-18-9-10-19(24(33)11-18)21-13-30(21,5)25-12-26(39-15-37)34-36(25)17(3)4/h6-12,15-17,21H,13-14H2,1-5H3. The zero-order chi connectivity index (χ0) is 28.8. The SMILES string of the molecule is CC(C)c1onc(-c2c(Cl)cccc2Cl)c1COc1ccc(C2CC2(C)c2cc(OC=O)nn2C(C)C)c(Cl)c1. The minimum Gasteiger partial charge on any atom is -0.489 e. The molecule has 1 fully saturated rings. The number of nitrogens with zero attached hydrogens (tertiary/aromatic N) is 3. The molecule has 2 aromatic carbocycles. The van der Waals surface area contributed by atoms with Crippen molar-refractivity contribution in [1.29, 1.82) is 0 Å². The molecule has 0 spiro atoms. The molecular formula is C30H30Cl3N3O4. The minimum atomic E-state index is -0.189. The van der Waals surface area contributed by atoms with Crippen LogP contribution in [-0.4, -0.2) is 21.4 Å². The molecule has 0 bridgehead atoms. The van der Waals surface area contributed by atoms with Gasteiger partial charge in [0.2, 0.25) is 5.88 Å². The van der Waals surface area contributed by atoms with E-state index in [0.717, 1.165) is 23.2 Å². The number of carbonyl (C=O) groups is 1. The second-order valence-electron chi connectivity index (χ2n) is 10.9. The molecule has 0 N–H and O–H groups in total. The first-order valence-corrected chi connectivity index (χ1v) is 14.2. The largest absolute Gasteiger partial charge is 0.489 e. The lowest BCUT2D eigenvalue weighted by molar-refractivity contribution is -0.121. The Kier molecular flexibility index (Phi) is 7.92. The molecule has 0 radical (unpaired) electrons. The summed E-state index contributed by atoms with van der Waals surface area (Å²) < 4.78 is 18.8. The zero-order valence-electron chi connectivity index (χ0n) is 22.9. The van der Waals surface area contributed by atoms with Crippen LogP contribution >= 0.6 is 34.8 Å². The van der Waals surface area contributed by atoms with Crippen LogP contribution in [0.4, 0.5) is 0 Å². The van der Waals surface area contributed by atoms with E-state index in [1.165, 1.54) is 0 Å². The van der Waals surface area contributed by atoms with Gasteiger partial charge in [-0.15, -0.1) is 5.10 Å². The number of benzene rings is 2. The van der Waals surface area contributed by atoms with Crippen LogP contribution in [0.15, 0.2) is 47.0 Å². The van der Waals surface area contributed by atoms with Crippen LogP contribution < -0.4 is 9.47 Å². The first kappa shape index (κ1) is 28.5. The summed E-state index contributed by atoms with van der Waals surface area (Å²) >= 11 is 19.8. The van der Waals surface area contributed by atoms with Crippen molar-refractivity contribution >= 4 is 41.3 Å². The minimum absolute atomic E-state index is 0.0799. The highest BCUT2D eigenvalue weighted by molar-refractivity contribution is 6.39. The van der Waals surface area contributed by atoms with Crippen molar-refractivity contribution in [2.45, 2.75) is 70.9 Å². The zero-order valence-corrected chi connectivity index (χ0v) is 25.1. The molecular weight excluding hydrogens is 573 g/mol. The Labute approximate surface area is 248 Å². The van der Waals surface area contributed by atoms with E-state index in [2.05, 4.69) is 17.2 Å². The van der Waals surface area contributed by atoms with Crippen molar-refractivity contribution in [1.82, 2.24) is 14.9 Å². The Balaban J connectivity index is 1.38. The highest BCUT2D eigenvalue weighted by Gasteiger charge is 2.55. The smallest absolute Gasteiger partial charge is 0.299 e. The molecule has 0 saturated heterocycles. The molecule has 210 valence electrons. The number of hydrogen-bond donors (Lipinski definition) is 0. The molecule has 1 saturated carbocycles. The molecule has 4 aromatic rings. The van der Waals surface area contributed by atoms with Crippen LogP contribution in [0.3, 0.4) is 0 Å². The quantitative estimate of drug-likeness (QED) is 0.169. The van der Waals surface area contributed by atoms with E-state index in [1.54, 1.807) is 18.2 Å². The fraction of sp³-hybridized carbons (Fsp3) is 0.367. The van der Waals surface area contributed by atoms with Crippen molar-refractivity contribution in [2.75, 3.05) is 0 Å². The van der Waals surface area contributed by atoms with Gasteiger partial charge >= 0.3 is 0 Å². The van der Waals surface area contributed by atoms with Gasteiger partial charge in [-0.25, -0.2) is 0 Å². The average Bonchev–Trinajstić information content (AvgIpc) is 3.22. The number of hydrogen-bond acceptors (Lipinski definition) is 6. The maximum atomic E-state index is 10.9. The molecule has 2 unspecified atom stereocenters. The van der Waals surface area contributed by atoms with Crippen LogP contribution in [0.5, 0.6) is 11.6 Å². The predicted octanol–water partition coefficient (Wildman–Crippen LogP) is 8.76. The number of aromatic nitrogens is 3. The van der Waals surface area contributed by atoms with Gasteiger partial charge in [-0.05, 0) is 56.0 Å². The van der Waals surface area contributed by atoms with Gasteiger partial charge in [0.25, 0.3) is 6.47 Å². The lowest BCUT2D eigenvalue weighted by Crippen LogP contribution is -2.15. The topological polar surface area (TPSA) is 79.4 Å². The Morgan fingerprint density at radius 2 is 1.82 bits per heavy atom. The summed E-state index contributed by atoms with van der Waals surface area (Å²) in [4.78, 5) is 10.9. The molecule has 2 atom stereocenters. The first-order chi connectivity index (χ1) is 19.0. The van der Waals surface area contributed by atoms with E-state index >= 15 is 0 Å². The van der Waals surface area contributed by atoms with Gasteiger partial charge in [-0.3, -0.25) is 9.48 Å². The van der Waals surface area contributed by atoms with Crippen LogP contribution in [-0.2, 0) is 16.8 Å². The fourth-order valence-corrected chi connectivity index (χ4v) is 6.15. The summed E-state index contributed by atoms with van der Waals surface area (Å²) in [6, 6.07) is 13.0. The number of rotatable bonds is 10. The lowest BCUT2D eigenvalue weighted by Gasteiger charge is -2.17. The molecule has 10 heteroatoms. The first-order valence-electron chi connectivity index (χ1n) is 13.1. The molecule has 5 rings (SSSR count). The van der Waals surface area contributed by atoms with Crippen LogP contribution in [0.2, 0.25) is 15.1 Å². The molecule has 2 aromatic heterocycles. The fourth-order valence-electron chi connectivity index (χ4n) is 5.27. The maximum absolute atomic E-state index is 10.9. The van der Waals surface area contributed by atoms with Gasteiger partial charge in [-0.2, -0.15) is 0 Å². The van der Waals surface area contributed by atoms with Crippen LogP contribution in [0.1, 0.15) is 81.5 Å². The van der Waals surface area contributed by atoms with Gasteiger partial charge in [0.1, 0.15) is 23.8 Å². The van der Waals surface area contributed by atoms with E-state index < -0.39 is 0 Å². The molecule has 0 aliphatic heterocycles. The van der Waals surface area contributed by atoms with Crippen LogP contribution in [0, 0.1) is 0 Å². The summed E-state index contributed by atoms with van der Waals surface area (Å²) in [6.07, 6.45) is 0.895.